The summed E-state index contributed by atoms with van der Waals surface area (Å²) in [7, 11) is 0. The van der Waals surface area contributed by atoms with Crippen LogP contribution in [0.2, 0.25) is 29.6 Å². The topological polar surface area (TPSA) is 25.8 Å². The van der Waals surface area contributed by atoms with Gasteiger partial charge in [0.1, 0.15) is 0 Å². The number of benzene rings is 1. The number of fused-ring (bicyclic) bond motifs is 2. The number of thiazole rings is 2. The van der Waals surface area contributed by atoms with Gasteiger partial charge in [0.05, 0.1) is 0 Å². The van der Waals surface area contributed by atoms with Gasteiger partial charge in [-0.3, -0.25) is 0 Å². The van der Waals surface area contributed by atoms with Crippen LogP contribution in [-0.4, -0.2) is 46.7 Å². The fourth-order valence-corrected chi connectivity index (χ4v) is 29.2. The van der Waals surface area contributed by atoms with E-state index in [1.54, 1.807) is 37.8 Å². The van der Waals surface area contributed by atoms with E-state index >= 15 is 0 Å². The van der Waals surface area contributed by atoms with Crippen LogP contribution < -0.4 is 5.79 Å². The van der Waals surface area contributed by atoms with Crippen LogP contribution in [0.15, 0.2) is 24.3 Å². The van der Waals surface area contributed by atoms with Crippen LogP contribution in [0.25, 0.3) is 59.7 Å². The van der Waals surface area contributed by atoms with E-state index in [1.165, 1.54) is 228 Å². The first-order valence-electron chi connectivity index (χ1n) is 31.0. The average Bonchev–Trinajstić information content (AvgIpc) is 4.31. The number of hydrogen-bond donors (Lipinski definition) is 0. The molecule has 0 aliphatic rings. The molecular formula is C66H100N2S6Sn2. The molecule has 0 amide bonds. The molecule has 0 unspecified atom stereocenters. The molecule has 0 fully saturated rings. The summed E-state index contributed by atoms with van der Waals surface area (Å²) in [4.78, 5) is 36.7. The second-order valence-corrected chi connectivity index (χ2v) is 61.6. The van der Waals surface area contributed by atoms with E-state index < -0.39 is 36.8 Å². The molecular weight excluding hydrogens is 1250 g/mol. The quantitative estimate of drug-likeness (QED) is 0.0289. The molecule has 0 saturated heterocycles. The van der Waals surface area contributed by atoms with Crippen molar-refractivity contribution < 1.29 is 0 Å². The van der Waals surface area contributed by atoms with Gasteiger partial charge in [-0.25, -0.2) is 0 Å². The van der Waals surface area contributed by atoms with E-state index in [0.717, 1.165) is 25.7 Å². The first-order chi connectivity index (χ1) is 36.7. The summed E-state index contributed by atoms with van der Waals surface area (Å²) < 4.78 is 6.36. The molecule has 6 heterocycles. The normalized spacial score (nSPS) is 12.5. The van der Waals surface area contributed by atoms with Crippen LogP contribution in [0, 0.1) is 0 Å². The van der Waals surface area contributed by atoms with E-state index in [-0.39, 0.29) is 0 Å². The molecule has 0 bridgehead atoms. The van der Waals surface area contributed by atoms with Crippen molar-refractivity contribution in [1.29, 1.82) is 0 Å². The Balaban J connectivity index is 1.41. The van der Waals surface area contributed by atoms with Gasteiger partial charge in [0.15, 0.2) is 0 Å². The minimum atomic E-state index is -2.30. The van der Waals surface area contributed by atoms with E-state index in [9.17, 15) is 0 Å². The van der Waals surface area contributed by atoms with Gasteiger partial charge in [-0.1, -0.05) is 52.4 Å². The summed E-state index contributed by atoms with van der Waals surface area (Å²) in [5.41, 5.74) is 12.0. The van der Waals surface area contributed by atoms with Crippen LogP contribution in [0.4, 0.5) is 0 Å². The minimum absolute atomic E-state index is 1.09. The Morgan fingerprint density at radius 3 is 0.895 bits per heavy atom. The predicted octanol–water partition coefficient (Wildman–Crippen LogP) is 23.6. The summed E-state index contributed by atoms with van der Waals surface area (Å²) in [5.74, 6) is 0. The Morgan fingerprint density at radius 1 is 0.316 bits per heavy atom. The summed E-state index contributed by atoms with van der Waals surface area (Å²) in [5, 5.41) is 2.54. The van der Waals surface area contributed by atoms with Crippen LogP contribution >= 0.6 is 68.0 Å². The average molecular weight is 1350 g/mol. The summed E-state index contributed by atoms with van der Waals surface area (Å²) in [6.07, 6.45) is 37.8. The van der Waals surface area contributed by atoms with E-state index in [4.69, 9.17) is 9.97 Å². The van der Waals surface area contributed by atoms with Gasteiger partial charge in [-0.05, 0) is 0 Å². The van der Waals surface area contributed by atoms with Gasteiger partial charge in [-0.2, -0.15) is 0 Å². The number of unbranched alkanes of at least 4 members (excludes halogenated alkanes) is 18. The fraction of sp³-hybridized carbons (Fsp3) is 0.636. The number of nitrogens with zero attached hydrogens (tertiary/aromatic N) is 2. The van der Waals surface area contributed by atoms with Gasteiger partial charge >= 0.3 is 449 Å². The summed E-state index contributed by atoms with van der Waals surface area (Å²) >= 11 is 7.99. The maximum atomic E-state index is 5.99. The van der Waals surface area contributed by atoms with Gasteiger partial charge in [0.2, 0.25) is 0 Å². The van der Waals surface area contributed by atoms with Crippen molar-refractivity contribution in [3.63, 3.8) is 0 Å². The number of rotatable bonds is 36. The van der Waals surface area contributed by atoms with E-state index in [1.807, 2.05) is 22.7 Å². The van der Waals surface area contributed by atoms with Crippen LogP contribution in [0.3, 0.4) is 0 Å². The maximum absolute atomic E-state index is 5.99. The Bertz CT molecular complexity index is 2600. The molecule has 7 aromatic rings. The Hall–Kier alpha value is -0.603. The van der Waals surface area contributed by atoms with E-state index in [2.05, 4.69) is 141 Å². The van der Waals surface area contributed by atoms with Crippen molar-refractivity contribution in [3.8, 4) is 39.3 Å². The number of aromatic nitrogens is 2. The van der Waals surface area contributed by atoms with Crippen molar-refractivity contribution in [1.82, 2.24) is 9.97 Å². The van der Waals surface area contributed by atoms with Crippen LogP contribution in [-0.2, 0) is 38.5 Å². The predicted molar refractivity (Wildman–Crippen MR) is 359 cm³/mol. The first kappa shape index (κ1) is 63.0. The molecule has 0 aliphatic carbocycles. The molecule has 418 valence electrons. The zero-order chi connectivity index (χ0) is 54.2. The van der Waals surface area contributed by atoms with Crippen molar-refractivity contribution in [2.75, 3.05) is 0 Å². The fourth-order valence-electron chi connectivity index (χ4n) is 11.0. The van der Waals surface area contributed by atoms with Gasteiger partial charge in [-0.15, -0.1) is 0 Å². The first-order valence-corrected chi connectivity index (χ1v) is 55.9. The van der Waals surface area contributed by atoms with Gasteiger partial charge < -0.3 is 0 Å². The van der Waals surface area contributed by atoms with Crippen molar-refractivity contribution in [3.05, 3.63) is 57.6 Å². The third-order valence-electron chi connectivity index (χ3n) is 15.7. The Labute approximate surface area is 496 Å². The van der Waals surface area contributed by atoms with Crippen molar-refractivity contribution >= 4 is 131 Å². The van der Waals surface area contributed by atoms with Crippen LogP contribution in [0.5, 0.6) is 0 Å². The Kier molecular flexibility index (Phi) is 25.8. The SMILES string of the molecule is CCCCCCc1c[c]([Sn]([CH3])([CH3])[CH3])sc1-c1cc(CCCCCC)c(-c2nc3c(CCCCCC)c4sc(-c5sc(-c6s[c]([Sn]([CH3])([CH3])[CH3])cc6CCCCCC)cc5CCCCCC)nc4c(CCCCCC)c3s2)s1. The zero-order valence-corrected chi connectivity index (χ0v) is 60.5. The molecule has 10 heteroatoms. The molecule has 0 radical (unpaired) electrons. The second-order valence-electron chi connectivity index (χ2n) is 24.6. The van der Waals surface area contributed by atoms with Crippen molar-refractivity contribution in [2.24, 2.45) is 0 Å². The van der Waals surface area contributed by atoms with Gasteiger partial charge in [0, 0.05) is 0 Å². The molecule has 2 nitrogen and oxygen atoms in total. The number of aryl methyl sites for hydroxylation is 6. The van der Waals surface area contributed by atoms with E-state index in [0.29, 0.717) is 0 Å². The molecule has 76 heavy (non-hydrogen) atoms. The monoisotopic (exact) mass is 1350 g/mol. The summed E-state index contributed by atoms with van der Waals surface area (Å²) in [6, 6.07) is 10.7. The number of thiophene rings is 4. The third-order valence-corrected chi connectivity index (χ3v) is 42.1. The molecule has 0 aliphatic heterocycles. The standard InChI is InChI=1S/C60H82N2S6.6CH3.2Sn/c1-7-13-19-25-31-43-37-39-63-53(43)49-41-45(33-27-21-15-9-3)55(65-49)59-61-51-47(35-29-23-17-11-5)58-52(48(57(51)67-59)36-30-24-18-12-6)62-60(68-58)56-46(34-28-22-16-10-4)42-50(66-56)54-44(38-40-64-54)32-26-20-14-8-2;;;;;;;;/h37-38,41-42H,7-36H2,1-6H3;6*1H3;;. The molecule has 6 aromatic heterocycles. The molecule has 0 N–H and O–H groups in total. The van der Waals surface area contributed by atoms with Gasteiger partial charge in [0.25, 0.3) is 0 Å². The Morgan fingerprint density at radius 2 is 0.605 bits per heavy atom. The third kappa shape index (κ3) is 16.8. The molecule has 0 saturated carbocycles. The number of hydrogen-bond acceptors (Lipinski definition) is 8. The zero-order valence-electron chi connectivity index (χ0n) is 49.9. The van der Waals surface area contributed by atoms with Crippen LogP contribution in [0.1, 0.15) is 229 Å². The van der Waals surface area contributed by atoms with Crippen molar-refractivity contribution in [2.45, 2.75) is 264 Å². The molecule has 1 aromatic carbocycles. The summed E-state index contributed by atoms with van der Waals surface area (Å²) in [6.45, 7) is 14.1. The second kappa shape index (κ2) is 31.2. The molecule has 0 spiro atoms. The molecule has 7 rings (SSSR count). The molecule has 0 atom stereocenters.